The van der Waals surface area contributed by atoms with E-state index in [4.69, 9.17) is 4.74 Å². The quantitative estimate of drug-likeness (QED) is 0.288. The van der Waals surface area contributed by atoms with Gasteiger partial charge < -0.3 is 9.30 Å². The highest BCUT2D eigenvalue weighted by molar-refractivity contribution is 8.18. The third-order valence-corrected chi connectivity index (χ3v) is 7.15. The normalized spacial score (nSPS) is 14.9. The summed E-state index contributed by atoms with van der Waals surface area (Å²) in [6.07, 6.45) is 1.82. The molecule has 5 nitrogen and oxygen atoms in total. The highest BCUT2D eigenvalue weighted by atomic mass is 32.2. The standard InChI is InChI=1S/C29H26N2O3S/c1-19-11-13-24(14-12-19)31-20(2)17-23(21(31)3)18-27-28(32)30(29(33)35-27)15-16-34-26-10-6-8-22-7-4-5-9-25(22)26/h4-14,17-18H,15-16H2,1-3H3/b27-18-. The topological polar surface area (TPSA) is 51.5 Å². The molecule has 0 saturated carbocycles. The van der Waals surface area contributed by atoms with Gasteiger partial charge in [0.2, 0.25) is 0 Å². The second kappa shape index (κ2) is 9.47. The molecule has 1 aliphatic heterocycles. The number of carbonyl (C=O) groups is 2. The molecular weight excluding hydrogens is 456 g/mol. The Morgan fingerprint density at radius 1 is 0.914 bits per heavy atom. The fourth-order valence-corrected chi connectivity index (χ4v) is 5.28. The summed E-state index contributed by atoms with van der Waals surface area (Å²) in [6, 6.07) is 24.2. The number of aryl methyl sites for hydroxylation is 2. The molecule has 4 aromatic rings. The third-order valence-electron chi connectivity index (χ3n) is 6.24. The Labute approximate surface area is 209 Å². The SMILES string of the molecule is Cc1ccc(-n2c(C)cc(/C=C3\SC(=O)N(CCOc4cccc5ccccc45)C3=O)c2C)cc1. The van der Waals surface area contributed by atoms with Gasteiger partial charge in [-0.15, -0.1) is 0 Å². The van der Waals surface area contributed by atoms with Gasteiger partial charge in [-0.05, 0) is 73.8 Å². The molecule has 6 heteroatoms. The van der Waals surface area contributed by atoms with Gasteiger partial charge in [-0.1, -0.05) is 54.1 Å². The van der Waals surface area contributed by atoms with E-state index >= 15 is 0 Å². The van der Waals surface area contributed by atoms with Gasteiger partial charge in [0.25, 0.3) is 11.1 Å². The number of benzene rings is 3. The number of rotatable bonds is 6. The molecule has 1 fully saturated rings. The first-order valence-corrected chi connectivity index (χ1v) is 12.4. The van der Waals surface area contributed by atoms with Crippen molar-refractivity contribution in [3.8, 4) is 11.4 Å². The highest BCUT2D eigenvalue weighted by Crippen LogP contribution is 2.34. The first-order chi connectivity index (χ1) is 16.9. The molecule has 1 aliphatic rings. The number of amides is 2. The van der Waals surface area contributed by atoms with Crippen molar-refractivity contribution in [2.75, 3.05) is 13.2 Å². The second-order valence-electron chi connectivity index (χ2n) is 8.66. The van der Waals surface area contributed by atoms with Crippen LogP contribution in [0.1, 0.15) is 22.5 Å². The molecule has 0 unspecified atom stereocenters. The lowest BCUT2D eigenvalue weighted by atomic mass is 10.1. The molecule has 1 aromatic heterocycles. The molecule has 3 aromatic carbocycles. The Bertz CT molecular complexity index is 1460. The maximum Gasteiger partial charge on any atom is 0.293 e. The van der Waals surface area contributed by atoms with E-state index in [9.17, 15) is 9.59 Å². The molecule has 0 aliphatic carbocycles. The summed E-state index contributed by atoms with van der Waals surface area (Å²) < 4.78 is 8.11. The van der Waals surface area contributed by atoms with Crippen LogP contribution in [0, 0.1) is 20.8 Å². The molecule has 176 valence electrons. The fraction of sp³-hybridized carbons (Fsp3) is 0.172. The predicted molar refractivity (Wildman–Crippen MR) is 142 cm³/mol. The number of ether oxygens (including phenoxy) is 1. The maximum atomic E-state index is 13.0. The number of carbonyl (C=O) groups excluding carboxylic acids is 2. The van der Waals surface area contributed by atoms with Gasteiger partial charge in [-0.2, -0.15) is 0 Å². The van der Waals surface area contributed by atoms with Crippen LogP contribution in [0.2, 0.25) is 0 Å². The lowest BCUT2D eigenvalue weighted by molar-refractivity contribution is -0.123. The summed E-state index contributed by atoms with van der Waals surface area (Å²) >= 11 is 0.981. The molecule has 0 atom stereocenters. The van der Waals surface area contributed by atoms with Gasteiger partial charge in [-0.25, -0.2) is 0 Å². The third kappa shape index (κ3) is 4.49. The van der Waals surface area contributed by atoms with E-state index in [1.165, 1.54) is 10.5 Å². The van der Waals surface area contributed by atoms with Crippen LogP contribution in [0.25, 0.3) is 22.5 Å². The monoisotopic (exact) mass is 482 g/mol. The van der Waals surface area contributed by atoms with Crippen molar-refractivity contribution in [1.82, 2.24) is 9.47 Å². The molecule has 0 N–H and O–H groups in total. The van der Waals surface area contributed by atoms with E-state index in [0.29, 0.717) is 4.91 Å². The summed E-state index contributed by atoms with van der Waals surface area (Å²) in [5.41, 5.74) is 5.30. The average Bonchev–Trinajstić information content (AvgIpc) is 3.28. The van der Waals surface area contributed by atoms with Crippen molar-refractivity contribution in [3.05, 3.63) is 100 Å². The Kier molecular flexibility index (Phi) is 6.22. The van der Waals surface area contributed by atoms with Crippen molar-refractivity contribution >= 4 is 39.8 Å². The summed E-state index contributed by atoms with van der Waals surface area (Å²) in [5, 5.41) is 1.82. The molecule has 2 amide bonds. The molecule has 1 saturated heterocycles. The van der Waals surface area contributed by atoms with Gasteiger partial charge in [-0.3, -0.25) is 14.5 Å². The van der Waals surface area contributed by atoms with Crippen LogP contribution in [0.3, 0.4) is 0 Å². The van der Waals surface area contributed by atoms with Crippen molar-refractivity contribution in [1.29, 1.82) is 0 Å². The minimum absolute atomic E-state index is 0.202. The van der Waals surface area contributed by atoms with Crippen molar-refractivity contribution in [2.45, 2.75) is 20.8 Å². The molecular formula is C29H26N2O3S. The van der Waals surface area contributed by atoms with Gasteiger partial charge >= 0.3 is 0 Å². The van der Waals surface area contributed by atoms with E-state index in [1.807, 2.05) is 68.5 Å². The molecule has 35 heavy (non-hydrogen) atoms. The average molecular weight is 483 g/mol. The Hall–Kier alpha value is -3.77. The van der Waals surface area contributed by atoms with Crippen LogP contribution in [0.15, 0.2) is 77.7 Å². The van der Waals surface area contributed by atoms with Crippen LogP contribution in [0.5, 0.6) is 5.75 Å². The van der Waals surface area contributed by atoms with E-state index < -0.39 is 0 Å². The van der Waals surface area contributed by atoms with Crippen molar-refractivity contribution in [2.24, 2.45) is 0 Å². The van der Waals surface area contributed by atoms with E-state index in [0.717, 1.165) is 50.9 Å². The number of nitrogens with zero attached hydrogens (tertiary/aromatic N) is 2. The van der Waals surface area contributed by atoms with Crippen LogP contribution in [-0.2, 0) is 4.79 Å². The molecule has 0 radical (unpaired) electrons. The minimum atomic E-state index is -0.276. The zero-order valence-corrected chi connectivity index (χ0v) is 20.8. The number of imide groups is 1. The fourth-order valence-electron chi connectivity index (χ4n) is 4.43. The predicted octanol–water partition coefficient (Wildman–Crippen LogP) is 6.67. The van der Waals surface area contributed by atoms with E-state index in [2.05, 4.69) is 35.8 Å². The number of thioether (sulfide) groups is 1. The van der Waals surface area contributed by atoms with Gasteiger partial charge in [0.15, 0.2) is 0 Å². The van der Waals surface area contributed by atoms with Crippen LogP contribution in [-0.4, -0.2) is 33.8 Å². The Morgan fingerprint density at radius 3 is 2.46 bits per heavy atom. The molecule has 5 rings (SSSR count). The smallest absolute Gasteiger partial charge is 0.293 e. The number of fused-ring (bicyclic) bond motifs is 1. The maximum absolute atomic E-state index is 13.0. The Balaban J connectivity index is 1.31. The summed E-state index contributed by atoms with van der Waals surface area (Å²) in [4.78, 5) is 27.4. The van der Waals surface area contributed by atoms with Crippen molar-refractivity contribution < 1.29 is 14.3 Å². The second-order valence-corrected chi connectivity index (χ2v) is 9.65. The molecule has 2 heterocycles. The lowest BCUT2D eigenvalue weighted by Crippen LogP contribution is -2.32. The molecule has 0 bridgehead atoms. The first-order valence-electron chi connectivity index (χ1n) is 11.5. The zero-order chi connectivity index (χ0) is 24.5. The molecule has 0 spiro atoms. The van der Waals surface area contributed by atoms with Gasteiger partial charge in [0.1, 0.15) is 12.4 Å². The van der Waals surface area contributed by atoms with E-state index in [-0.39, 0.29) is 24.3 Å². The van der Waals surface area contributed by atoms with E-state index in [1.54, 1.807) is 0 Å². The summed E-state index contributed by atoms with van der Waals surface area (Å²) in [6.45, 7) is 6.57. The lowest BCUT2D eigenvalue weighted by Gasteiger charge is -2.14. The van der Waals surface area contributed by atoms with Gasteiger partial charge in [0.05, 0.1) is 11.4 Å². The Morgan fingerprint density at radius 2 is 1.66 bits per heavy atom. The highest BCUT2D eigenvalue weighted by Gasteiger charge is 2.35. The minimum Gasteiger partial charge on any atom is -0.491 e. The number of hydrogen-bond donors (Lipinski definition) is 0. The van der Waals surface area contributed by atoms with Crippen LogP contribution < -0.4 is 4.74 Å². The number of aromatic nitrogens is 1. The zero-order valence-electron chi connectivity index (χ0n) is 19.9. The van der Waals surface area contributed by atoms with Crippen molar-refractivity contribution in [3.63, 3.8) is 0 Å². The number of hydrogen-bond acceptors (Lipinski definition) is 4. The summed E-state index contributed by atoms with van der Waals surface area (Å²) in [5.74, 6) is 0.468. The first kappa shape index (κ1) is 23.0. The van der Waals surface area contributed by atoms with Crippen LogP contribution in [0.4, 0.5) is 4.79 Å². The largest absolute Gasteiger partial charge is 0.491 e. The van der Waals surface area contributed by atoms with Gasteiger partial charge in [0, 0.05) is 22.5 Å². The summed E-state index contributed by atoms with van der Waals surface area (Å²) in [7, 11) is 0. The van der Waals surface area contributed by atoms with Crippen LogP contribution >= 0.6 is 11.8 Å².